The second-order valence-electron chi connectivity index (χ2n) is 6.16. The number of ether oxygens (including phenoxy) is 1. The number of carboxylic acids is 1. The molecule has 8 heteroatoms. The lowest BCUT2D eigenvalue weighted by Gasteiger charge is -2.19. The van der Waals surface area contributed by atoms with Gasteiger partial charge >= 0.3 is 12.1 Å². The summed E-state index contributed by atoms with van der Waals surface area (Å²) in [5, 5.41) is 10.3. The number of likely N-dealkylation sites (tertiary alicyclic amines) is 1. The van der Waals surface area contributed by atoms with Crippen molar-refractivity contribution in [3.8, 4) is 5.75 Å². The number of rotatable bonds is 3. The van der Waals surface area contributed by atoms with E-state index in [0.29, 0.717) is 16.5 Å². The first-order chi connectivity index (χ1) is 12.2. The highest BCUT2D eigenvalue weighted by atomic mass is 19.4. The SMILES string of the molecule is COc1ccc(C(=O)N2C[C@@H](C(F)(F)F)[C@H](C(=O)O)C2)c2ccccc12. The monoisotopic (exact) mass is 367 g/mol. The van der Waals surface area contributed by atoms with Crippen molar-refractivity contribution in [3.05, 3.63) is 42.0 Å². The van der Waals surface area contributed by atoms with Gasteiger partial charge in [-0.1, -0.05) is 24.3 Å². The maximum atomic E-state index is 13.1. The third kappa shape index (κ3) is 3.07. The van der Waals surface area contributed by atoms with Gasteiger partial charge in [-0.3, -0.25) is 9.59 Å². The van der Waals surface area contributed by atoms with Crippen LogP contribution in [0.15, 0.2) is 36.4 Å². The normalized spacial score (nSPS) is 20.4. The van der Waals surface area contributed by atoms with Gasteiger partial charge in [0.25, 0.3) is 5.91 Å². The Kier molecular flexibility index (Phi) is 4.52. The van der Waals surface area contributed by atoms with Crippen LogP contribution in [-0.2, 0) is 4.79 Å². The van der Waals surface area contributed by atoms with Crippen LogP contribution in [0.5, 0.6) is 5.75 Å². The fourth-order valence-corrected chi connectivity index (χ4v) is 3.36. The van der Waals surface area contributed by atoms with Crippen molar-refractivity contribution in [2.24, 2.45) is 11.8 Å². The van der Waals surface area contributed by atoms with E-state index in [2.05, 4.69) is 0 Å². The number of hydrogen-bond acceptors (Lipinski definition) is 3. The standard InChI is InChI=1S/C18H16F3NO4/c1-26-15-7-6-12(10-4-2-3-5-11(10)15)16(23)22-8-13(17(24)25)14(9-22)18(19,20)21/h2-7,13-14H,8-9H2,1H3,(H,24,25)/t13-,14-/m1/s1. The lowest BCUT2D eigenvalue weighted by Crippen LogP contribution is -2.34. The second kappa shape index (κ2) is 6.51. The zero-order valence-electron chi connectivity index (χ0n) is 13.8. The molecule has 0 unspecified atom stereocenters. The van der Waals surface area contributed by atoms with E-state index in [9.17, 15) is 22.8 Å². The number of halogens is 3. The van der Waals surface area contributed by atoms with Gasteiger partial charge in [-0.2, -0.15) is 13.2 Å². The molecule has 2 atom stereocenters. The summed E-state index contributed by atoms with van der Waals surface area (Å²) in [6.45, 7) is -1.14. The summed E-state index contributed by atoms with van der Waals surface area (Å²) >= 11 is 0. The van der Waals surface area contributed by atoms with Crippen molar-refractivity contribution < 1.29 is 32.6 Å². The first kappa shape index (κ1) is 18.0. The Morgan fingerprint density at radius 3 is 2.31 bits per heavy atom. The third-order valence-electron chi connectivity index (χ3n) is 4.68. The molecule has 1 saturated heterocycles. The summed E-state index contributed by atoms with van der Waals surface area (Å²) in [5.41, 5.74) is 0.216. The van der Waals surface area contributed by atoms with E-state index < -0.39 is 43.0 Å². The van der Waals surface area contributed by atoms with Crippen LogP contribution in [0.4, 0.5) is 13.2 Å². The molecule has 1 aliphatic heterocycles. The molecule has 26 heavy (non-hydrogen) atoms. The predicted octanol–water partition coefficient (Wildman–Crippen LogP) is 3.18. The smallest absolute Gasteiger partial charge is 0.394 e. The summed E-state index contributed by atoms with van der Waals surface area (Å²) in [6.07, 6.45) is -4.68. The molecule has 0 aromatic heterocycles. The molecule has 2 aromatic rings. The minimum atomic E-state index is -4.68. The molecular weight excluding hydrogens is 351 g/mol. The molecule has 1 amide bonds. The zero-order chi connectivity index (χ0) is 19.1. The number of benzene rings is 2. The first-order valence-corrected chi connectivity index (χ1v) is 7.88. The van der Waals surface area contributed by atoms with Gasteiger partial charge in [0.15, 0.2) is 0 Å². The molecule has 0 spiro atoms. The Bertz CT molecular complexity index is 865. The van der Waals surface area contributed by atoms with Gasteiger partial charge < -0.3 is 14.7 Å². The van der Waals surface area contributed by atoms with Crippen LogP contribution in [0.2, 0.25) is 0 Å². The molecule has 0 aliphatic carbocycles. The topological polar surface area (TPSA) is 66.8 Å². The first-order valence-electron chi connectivity index (χ1n) is 7.88. The summed E-state index contributed by atoms with van der Waals surface area (Å²) < 4.78 is 44.7. The maximum absolute atomic E-state index is 13.1. The van der Waals surface area contributed by atoms with Crippen molar-refractivity contribution in [1.29, 1.82) is 0 Å². The van der Waals surface area contributed by atoms with E-state index >= 15 is 0 Å². The highest BCUT2D eigenvalue weighted by Gasteiger charge is 2.53. The number of amides is 1. The van der Waals surface area contributed by atoms with Gasteiger partial charge in [0, 0.05) is 24.0 Å². The number of carboxylic acid groups (broad SMARTS) is 1. The van der Waals surface area contributed by atoms with Crippen LogP contribution >= 0.6 is 0 Å². The largest absolute Gasteiger partial charge is 0.496 e. The van der Waals surface area contributed by atoms with Gasteiger partial charge in [0.05, 0.1) is 18.9 Å². The van der Waals surface area contributed by atoms with Gasteiger partial charge in [0.2, 0.25) is 0 Å². The van der Waals surface area contributed by atoms with Crippen LogP contribution in [0.25, 0.3) is 10.8 Å². The van der Waals surface area contributed by atoms with E-state index in [1.165, 1.54) is 13.2 Å². The Morgan fingerprint density at radius 2 is 1.77 bits per heavy atom. The Morgan fingerprint density at radius 1 is 1.12 bits per heavy atom. The maximum Gasteiger partial charge on any atom is 0.394 e. The molecule has 138 valence electrons. The minimum absolute atomic E-state index is 0.216. The number of alkyl halides is 3. The highest BCUT2D eigenvalue weighted by Crippen LogP contribution is 2.39. The number of carbonyl (C=O) groups excluding carboxylic acids is 1. The molecule has 0 saturated carbocycles. The summed E-state index contributed by atoms with van der Waals surface area (Å²) in [4.78, 5) is 25.0. The van der Waals surface area contributed by atoms with E-state index in [1.807, 2.05) is 0 Å². The number of hydrogen-bond donors (Lipinski definition) is 1. The van der Waals surface area contributed by atoms with Gasteiger partial charge in [-0.25, -0.2) is 0 Å². The number of methoxy groups -OCH3 is 1. The number of fused-ring (bicyclic) bond motifs is 1. The van der Waals surface area contributed by atoms with Crippen molar-refractivity contribution >= 4 is 22.6 Å². The molecule has 0 bridgehead atoms. The minimum Gasteiger partial charge on any atom is -0.496 e. The van der Waals surface area contributed by atoms with Gasteiger partial charge in [-0.05, 0) is 17.5 Å². The second-order valence-corrected chi connectivity index (χ2v) is 6.16. The number of carbonyl (C=O) groups is 2. The molecule has 0 radical (unpaired) electrons. The summed E-state index contributed by atoms with van der Waals surface area (Å²) in [7, 11) is 1.48. The summed E-state index contributed by atoms with van der Waals surface area (Å²) in [6, 6.07) is 9.95. The molecule has 3 rings (SSSR count). The lowest BCUT2D eigenvalue weighted by molar-refractivity contribution is -0.187. The fraction of sp³-hybridized carbons (Fsp3) is 0.333. The third-order valence-corrected chi connectivity index (χ3v) is 4.68. The quantitative estimate of drug-likeness (QED) is 0.905. The van der Waals surface area contributed by atoms with E-state index in [4.69, 9.17) is 9.84 Å². The van der Waals surface area contributed by atoms with Crippen molar-refractivity contribution in [2.75, 3.05) is 20.2 Å². The van der Waals surface area contributed by atoms with Crippen molar-refractivity contribution in [2.45, 2.75) is 6.18 Å². The number of nitrogens with zero attached hydrogens (tertiary/aromatic N) is 1. The zero-order valence-corrected chi connectivity index (χ0v) is 13.8. The molecule has 1 aliphatic rings. The van der Waals surface area contributed by atoms with Crippen LogP contribution in [0, 0.1) is 11.8 Å². The summed E-state index contributed by atoms with van der Waals surface area (Å²) in [5.74, 6) is -5.38. The highest BCUT2D eigenvalue weighted by molar-refractivity contribution is 6.08. The average Bonchev–Trinajstić information content (AvgIpc) is 3.06. The molecule has 1 fully saturated rings. The van der Waals surface area contributed by atoms with E-state index in [-0.39, 0.29) is 5.56 Å². The fourth-order valence-electron chi connectivity index (χ4n) is 3.36. The van der Waals surface area contributed by atoms with Gasteiger partial charge in [-0.15, -0.1) is 0 Å². The Labute approximate surface area is 147 Å². The molecular formula is C18H16F3NO4. The molecule has 1 heterocycles. The van der Waals surface area contributed by atoms with Crippen LogP contribution in [0.3, 0.4) is 0 Å². The van der Waals surface area contributed by atoms with Gasteiger partial charge in [0.1, 0.15) is 5.75 Å². The molecule has 2 aromatic carbocycles. The number of aliphatic carboxylic acids is 1. The molecule has 1 N–H and O–H groups in total. The van der Waals surface area contributed by atoms with Crippen molar-refractivity contribution in [3.63, 3.8) is 0 Å². The average molecular weight is 367 g/mol. The molecule has 5 nitrogen and oxygen atoms in total. The van der Waals surface area contributed by atoms with E-state index in [1.54, 1.807) is 30.3 Å². The van der Waals surface area contributed by atoms with E-state index in [0.717, 1.165) is 4.90 Å². The predicted molar refractivity (Wildman–Crippen MR) is 87.1 cm³/mol. The lowest BCUT2D eigenvalue weighted by atomic mass is 9.96. The van der Waals surface area contributed by atoms with Crippen LogP contribution < -0.4 is 4.74 Å². The van der Waals surface area contributed by atoms with Crippen molar-refractivity contribution in [1.82, 2.24) is 4.90 Å². The van der Waals surface area contributed by atoms with Crippen LogP contribution in [0.1, 0.15) is 10.4 Å². The Hall–Kier alpha value is -2.77. The Balaban J connectivity index is 1.98. The van der Waals surface area contributed by atoms with Crippen LogP contribution in [-0.4, -0.2) is 48.3 Å².